The number of amides is 1. The molecule has 1 heterocycles. The summed E-state index contributed by atoms with van der Waals surface area (Å²) in [5.41, 5.74) is 0.683. The Morgan fingerprint density at radius 1 is 1.39 bits per heavy atom. The van der Waals surface area contributed by atoms with E-state index >= 15 is 0 Å². The smallest absolute Gasteiger partial charge is 0.251 e. The van der Waals surface area contributed by atoms with Gasteiger partial charge in [0.2, 0.25) is 0 Å². The lowest BCUT2D eigenvalue weighted by atomic mass is 10.2. The molecule has 0 spiro atoms. The van der Waals surface area contributed by atoms with E-state index in [9.17, 15) is 4.79 Å². The third-order valence-electron chi connectivity index (χ3n) is 2.46. The second kappa shape index (κ2) is 6.29. The van der Waals surface area contributed by atoms with Gasteiger partial charge in [-0.2, -0.15) is 0 Å². The summed E-state index contributed by atoms with van der Waals surface area (Å²) in [4.78, 5) is 17.4. The van der Waals surface area contributed by atoms with Gasteiger partial charge in [-0.3, -0.25) is 4.79 Å². The number of nitrogens with one attached hydrogen (secondary N) is 1. The summed E-state index contributed by atoms with van der Waals surface area (Å²) in [6.45, 7) is 2.59. The fourth-order valence-corrected chi connectivity index (χ4v) is 2.61. The number of hydrogen-bond acceptors (Lipinski definition) is 3. The van der Waals surface area contributed by atoms with Crippen LogP contribution in [-0.2, 0) is 13.0 Å². The Labute approximate surface area is 124 Å². The highest BCUT2D eigenvalue weighted by molar-refractivity contribution is 14.1. The number of aromatic nitrogens is 1. The molecular formula is C13H13IN2OS. The molecule has 1 aromatic carbocycles. The van der Waals surface area contributed by atoms with Crippen molar-refractivity contribution in [2.45, 2.75) is 19.9 Å². The zero-order chi connectivity index (χ0) is 13.0. The molecule has 0 saturated carbocycles. The Bertz CT molecular complexity index is 536. The molecule has 0 aliphatic heterocycles. The van der Waals surface area contributed by atoms with Gasteiger partial charge in [-0.1, -0.05) is 6.92 Å². The van der Waals surface area contributed by atoms with Crippen molar-refractivity contribution in [3.8, 4) is 0 Å². The van der Waals surface area contributed by atoms with E-state index in [2.05, 4.69) is 39.8 Å². The first kappa shape index (κ1) is 13.5. The monoisotopic (exact) mass is 372 g/mol. The molecule has 0 aliphatic rings. The van der Waals surface area contributed by atoms with E-state index in [0.717, 1.165) is 15.0 Å². The van der Waals surface area contributed by atoms with Gasteiger partial charge in [0.1, 0.15) is 5.01 Å². The van der Waals surface area contributed by atoms with Crippen LogP contribution >= 0.6 is 33.9 Å². The molecule has 1 aromatic heterocycles. The van der Waals surface area contributed by atoms with Crippen LogP contribution in [0.4, 0.5) is 0 Å². The van der Waals surface area contributed by atoms with Crippen LogP contribution < -0.4 is 5.32 Å². The fourth-order valence-electron chi connectivity index (χ4n) is 1.45. The lowest BCUT2D eigenvalue weighted by molar-refractivity contribution is 0.0951. The lowest BCUT2D eigenvalue weighted by Gasteiger charge is -2.03. The van der Waals surface area contributed by atoms with Gasteiger partial charge in [-0.15, -0.1) is 11.3 Å². The summed E-state index contributed by atoms with van der Waals surface area (Å²) in [6.07, 6.45) is 2.86. The largest absolute Gasteiger partial charge is 0.346 e. The second-order valence-electron chi connectivity index (χ2n) is 3.76. The van der Waals surface area contributed by atoms with Crippen LogP contribution in [0.5, 0.6) is 0 Å². The highest BCUT2D eigenvalue weighted by atomic mass is 127. The van der Waals surface area contributed by atoms with Gasteiger partial charge >= 0.3 is 0 Å². The van der Waals surface area contributed by atoms with Crippen molar-refractivity contribution in [2.75, 3.05) is 0 Å². The number of thiazole rings is 1. The maximum atomic E-state index is 11.9. The third-order valence-corrected chi connectivity index (χ3v) is 4.32. The molecule has 3 nitrogen and oxygen atoms in total. The highest BCUT2D eigenvalue weighted by Crippen LogP contribution is 2.13. The number of aryl methyl sites for hydroxylation is 1. The first-order valence-corrected chi connectivity index (χ1v) is 7.56. The summed E-state index contributed by atoms with van der Waals surface area (Å²) in [5, 5.41) is 3.83. The Balaban J connectivity index is 1.93. The van der Waals surface area contributed by atoms with Gasteiger partial charge in [0, 0.05) is 20.2 Å². The summed E-state index contributed by atoms with van der Waals surface area (Å²) in [7, 11) is 0. The van der Waals surface area contributed by atoms with E-state index in [0.29, 0.717) is 12.1 Å². The number of carbonyl (C=O) groups is 1. The minimum atomic E-state index is -0.0559. The van der Waals surface area contributed by atoms with E-state index in [1.807, 2.05) is 30.5 Å². The molecule has 18 heavy (non-hydrogen) atoms. The number of benzene rings is 1. The molecule has 0 aliphatic carbocycles. The van der Waals surface area contributed by atoms with E-state index in [4.69, 9.17) is 0 Å². The van der Waals surface area contributed by atoms with Crippen molar-refractivity contribution in [2.24, 2.45) is 0 Å². The van der Waals surface area contributed by atoms with Crippen LogP contribution in [0, 0.1) is 3.57 Å². The number of carbonyl (C=O) groups excluding carboxylic acids is 1. The predicted molar refractivity (Wildman–Crippen MR) is 81.8 cm³/mol. The Morgan fingerprint density at radius 2 is 2.11 bits per heavy atom. The normalized spacial score (nSPS) is 10.3. The van der Waals surface area contributed by atoms with Crippen LogP contribution in [0.2, 0.25) is 0 Å². The number of nitrogens with zero attached hydrogens (tertiary/aromatic N) is 1. The third kappa shape index (κ3) is 3.52. The van der Waals surface area contributed by atoms with Gasteiger partial charge in [0.15, 0.2) is 0 Å². The molecule has 5 heteroatoms. The van der Waals surface area contributed by atoms with Crippen LogP contribution in [0.15, 0.2) is 30.5 Å². The van der Waals surface area contributed by atoms with Crippen molar-refractivity contribution in [3.05, 3.63) is 49.5 Å². The first-order valence-electron chi connectivity index (χ1n) is 5.66. The zero-order valence-electron chi connectivity index (χ0n) is 9.94. The molecule has 1 amide bonds. The molecule has 0 fully saturated rings. The summed E-state index contributed by atoms with van der Waals surface area (Å²) >= 11 is 3.86. The Morgan fingerprint density at radius 3 is 2.72 bits per heavy atom. The van der Waals surface area contributed by atoms with Gasteiger partial charge in [0.05, 0.1) is 6.54 Å². The average molecular weight is 372 g/mol. The fraction of sp³-hybridized carbons (Fsp3) is 0.231. The highest BCUT2D eigenvalue weighted by Gasteiger charge is 2.06. The van der Waals surface area contributed by atoms with E-state index in [1.54, 1.807) is 11.3 Å². The molecule has 94 valence electrons. The number of rotatable bonds is 4. The molecule has 0 bridgehead atoms. The molecule has 0 radical (unpaired) electrons. The Kier molecular flexibility index (Phi) is 4.71. The van der Waals surface area contributed by atoms with E-state index in [-0.39, 0.29) is 5.91 Å². The molecule has 0 atom stereocenters. The minimum Gasteiger partial charge on any atom is -0.346 e. The van der Waals surface area contributed by atoms with Gasteiger partial charge < -0.3 is 5.32 Å². The van der Waals surface area contributed by atoms with Crippen molar-refractivity contribution >= 4 is 39.8 Å². The van der Waals surface area contributed by atoms with Crippen LogP contribution in [-0.4, -0.2) is 10.9 Å². The van der Waals surface area contributed by atoms with Gasteiger partial charge in [-0.05, 0) is 53.3 Å². The maximum absolute atomic E-state index is 11.9. The molecule has 2 rings (SSSR count). The number of halogens is 1. The first-order chi connectivity index (χ1) is 8.69. The minimum absolute atomic E-state index is 0.0559. The SMILES string of the molecule is CCc1cnc(CNC(=O)c2ccc(I)cc2)s1. The number of hydrogen-bond donors (Lipinski definition) is 1. The van der Waals surface area contributed by atoms with E-state index < -0.39 is 0 Å². The zero-order valence-corrected chi connectivity index (χ0v) is 12.9. The molecule has 2 aromatic rings. The molecule has 1 N–H and O–H groups in total. The molecule has 0 saturated heterocycles. The van der Waals surface area contributed by atoms with E-state index in [1.165, 1.54) is 4.88 Å². The van der Waals surface area contributed by atoms with Gasteiger partial charge in [0.25, 0.3) is 5.91 Å². The topological polar surface area (TPSA) is 42.0 Å². The predicted octanol–water partition coefficient (Wildman–Crippen LogP) is 3.24. The molecule has 0 unspecified atom stereocenters. The van der Waals surface area contributed by atoms with Crippen molar-refractivity contribution in [1.82, 2.24) is 10.3 Å². The Hall–Kier alpha value is -0.950. The quantitative estimate of drug-likeness (QED) is 0.838. The van der Waals surface area contributed by atoms with Crippen molar-refractivity contribution in [1.29, 1.82) is 0 Å². The average Bonchev–Trinajstić information content (AvgIpc) is 2.85. The van der Waals surface area contributed by atoms with Crippen LogP contribution in [0.3, 0.4) is 0 Å². The van der Waals surface area contributed by atoms with Gasteiger partial charge in [-0.25, -0.2) is 4.98 Å². The second-order valence-corrected chi connectivity index (χ2v) is 6.21. The van der Waals surface area contributed by atoms with Crippen molar-refractivity contribution < 1.29 is 4.79 Å². The lowest BCUT2D eigenvalue weighted by Crippen LogP contribution is -2.22. The van der Waals surface area contributed by atoms with Crippen LogP contribution in [0.25, 0.3) is 0 Å². The van der Waals surface area contributed by atoms with Crippen molar-refractivity contribution in [3.63, 3.8) is 0 Å². The molecular weight excluding hydrogens is 359 g/mol. The summed E-state index contributed by atoms with van der Waals surface area (Å²) in [6, 6.07) is 7.51. The maximum Gasteiger partial charge on any atom is 0.251 e. The summed E-state index contributed by atoms with van der Waals surface area (Å²) < 4.78 is 1.12. The standard InChI is InChI=1S/C13H13IN2OS/c1-2-11-7-15-12(18-11)8-16-13(17)9-3-5-10(14)6-4-9/h3-7H,2,8H2,1H3,(H,16,17). The summed E-state index contributed by atoms with van der Waals surface area (Å²) in [5.74, 6) is -0.0559. The van der Waals surface area contributed by atoms with Crippen LogP contribution in [0.1, 0.15) is 27.2 Å².